The van der Waals surface area contributed by atoms with Gasteiger partial charge in [-0.05, 0) is 5.56 Å². The number of carbonyl (C=O) groups is 1. The lowest BCUT2D eigenvalue weighted by molar-refractivity contribution is -0.139. The Kier molecular flexibility index (Phi) is 2.06. The van der Waals surface area contributed by atoms with Gasteiger partial charge >= 0.3 is 5.97 Å². The summed E-state index contributed by atoms with van der Waals surface area (Å²) in [5.74, 6) is -0.204. The summed E-state index contributed by atoms with van der Waals surface area (Å²) in [5, 5.41) is 0. The van der Waals surface area contributed by atoms with Crippen LogP contribution in [-0.4, -0.2) is 12.6 Å². The van der Waals surface area contributed by atoms with Crippen LogP contribution < -0.4 is 0 Å². The Hall–Kier alpha value is -1.31. The number of benzene rings is 1. The summed E-state index contributed by atoms with van der Waals surface area (Å²) in [6, 6.07) is 9.84. The van der Waals surface area contributed by atoms with E-state index in [4.69, 9.17) is 4.74 Å². The van der Waals surface area contributed by atoms with Crippen LogP contribution >= 0.6 is 0 Å². The molecule has 1 unspecified atom stereocenters. The smallest absolute Gasteiger partial charge is 0.314 e. The molecule has 0 aromatic heterocycles. The normalized spacial score (nSPS) is 24.7. The molecule has 2 nitrogen and oxygen atoms in total. The molecule has 2 heteroatoms. The number of rotatable bonds is 1. The van der Waals surface area contributed by atoms with E-state index < -0.39 is 0 Å². The number of carbonyl (C=O) groups excluding carboxylic acids is 1. The Morgan fingerprint density at radius 2 is 1.93 bits per heavy atom. The van der Waals surface area contributed by atoms with Crippen molar-refractivity contribution in [2.75, 3.05) is 6.61 Å². The third-order valence-corrected chi connectivity index (χ3v) is 2.74. The zero-order chi connectivity index (χ0) is 10.2. The van der Waals surface area contributed by atoms with Crippen molar-refractivity contribution in [2.24, 2.45) is 5.41 Å². The van der Waals surface area contributed by atoms with Crippen molar-refractivity contribution in [1.82, 2.24) is 0 Å². The number of hydrogen-bond acceptors (Lipinski definition) is 2. The predicted octanol–water partition coefficient (Wildman–Crippen LogP) is 2.35. The first-order chi connectivity index (χ1) is 6.61. The lowest BCUT2D eigenvalue weighted by atomic mass is 9.77. The molecule has 0 radical (unpaired) electrons. The molecular formula is C12H14O2. The molecule has 0 saturated carbocycles. The van der Waals surface area contributed by atoms with Crippen LogP contribution in [0.25, 0.3) is 0 Å². The van der Waals surface area contributed by atoms with Crippen molar-refractivity contribution in [3.05, 3.63) is 35.9 Å². The number of cyclic esters (lactones) is 1. The highest BCUT2D eigenvalue weighted by atomic mass is 16.5. The maximum absolute atomic E-state index is 11.6. The Morgan fingerprint density at radius 1 is 1.29 bits per heavy atom. The van der Waals surface area contributed by atoms with E-state index in [9.17, 15) is 4.79 Å². The van der Waals surface area contributed by atoms with Gasteiger partial charge in [0.25, 0.3) is 0 Å². The Labute approximate surface area is 83.9 Å². The average Bonchev–Trinajstić information content (AvgIpc) is 2.42. The molecule has 1 aliphatic rings. The van der Waals surface area contributed by atoms with E-state index in [1.54, 1.807) is 0 Å². The van der Waals surface area contributed by atoms with Gasteiger partial charge in [0.2, 0.25) is 0 Å². The minimum Gasteiger partial charge on any atom is -0.465 e. The van der Waals surface area contributed by atoms with Crippen LogP contribution in [0, 0.1) is 5.41 Å². The molecule has 0 bridgehead atoms. The van der Waals surface area contributed by atoms with Crippen LogP contribution in [-0.2, 0) is 9.53 Å². The van der Waals surface area contributed by atoms with Crippen molar-refractivity contribution in [1.29, 1.82) is 0 Å². The van der Waals surface area contributed by atoms with Crippen molar-refractivity contribution in [2.45, 2.75) is 19.8 Å². The molecule has 1 heterocycles. The quantitative estimate of drug-likeness (QED) is 0.635. The highest BCUT2D eigenvalue weighted by Crippen LogP contribution is 2.41. The second-order valence-corrected chi connectivity index (χ2v) is 4.44. The molecule has 2 rings (SSSR count). The predicted molar refractivity (Wildman–Crippen MR) is 53.9 cm³/mol. The first-order valence-corrected chi connectivity index (χ1v) is 4.83. The SMILES string of the molecule is CC1(C)COC(=O)C1c1ccccc1. The second kappa shape index (κ2) is 3.12. The van der Waals surface area contributed by atoms with Gasteiger partial charge in [-0.15, -0.1) is 0 Å². The molecule has 1 aliphatic heterocycles. The molecule has 1 aromatic rings. The summed E-state index contributed by atoms with van der Waals surface area (Å²) in [5.41, 5.74) is 0.971. The number of hydrogen-bond donors (Lipinski definition) is 0. The molecule has 0 N–H and O–H groups in total. The Balaban J connectivity index is 2.38. The highest BCUT2D eigenvalue weighted by Gasteiger charge is 2.44. The van der Waals surface area contributed by atoms with Gasteiger partial charge in [0.05, 0.1) is 12.5 Å². The van der Waals surface area contributed by atoms with E-state index in [1.807, 2.05) is 30.3 Å². The molecule has 1 fully saturated rings. The van der Waals surface area contributed by atoms with E-state index in [0.29, 0.717) is 6.61 Å². The van der Waals surface area contributed by atoms with Crippen LogP contribution in [0.2, 0.25) is 0 Å². The lowest BCUT2D eigenvalue weighted by Crippen LogP contribution is -2.21. The van der Waals surface area contributed by atoms with Crippen LogP contribution in [0.3, 0.4) is 0 Å². The molecule has 0 amide bonds. The summed E-state index contributed by atoms with van der Waals surface area (Å²) >= 11 is 0. The minimum absolute atomic E-state index is 0.0849. The van der Waals surface area contributed by atoms with E-state index in [1.165, 1.54) is 0 Å². The van der Waals surface area contributed by atoms with Gasteiger partial charge < -0.3 is 4.74 Å². The van der Waals surface area contributed by atoms with Gasteiger partial charge in [-0.3, -0.25) is 4.79 Å². The van der Waals surface area contributed by atoms with Crippen LogP contribution in [0.1, 0.15) is 25.3 Å². The first-order valence-electron chi connectivity index (χ1n) is 4.83. The second-order valence-electron chi connectivity index (χ2n) is 4.44. The fourth-order valence-electron chi connectivity index (χ4n) is 1.98. The van der Waals surface area contributed by atoms with E-state index >= 15 is 0 Å². The van der Waals surface area contributed by atoms with Gasteiger partial charge in [-0.25, -0.2) is 0 Å². The fraction of sp³-hybridized carbons (Fsp3) is 0.417. The molecular weight excluding hydrogens is 176 g/mol. The summed E-state index contributed by atoms with van der Waals surface area (Å²) in [4.78, 5) is 11.6. The van der Waals surface area contributed by atoms with Gasteiger partial charge in [0.1, 0.15) is 0 Å². The Bertz CT molecular complexity index is 341. The molecule has 1 atom stereocenters. The summed E-state index contributed by atoms with van der Waals surface area (Å²) in [7, 11) is 0. The maximum atomic E-state index is 11.6. The van der Waals surface area contributed by atoms with Crippen molar-refractivity contribution < 1.29 is 9.53 Å². The monoisotopic (exact) mass is 190 g/mol. The van der Waals surface area contributed by atoms with E-state index in [0.717, 1.165) is 5.56 Å². The topological polar surface area (TPSA) is 26.3 Å². The molecule has 74 valence electrons. The Morgan fingerprint density at radius 3 is 2.43 bits per heavy atom. The highest BCUT2D eigenvalue weighted by molar-refractivity contribution is 5.81. The van der Waals surface area contributed by atoms with Crippen molar-refractivity contribution in [3.8, 4) is 0 Å². The summed E-state index contributed by atoms with van der Waals surface area (Å²) in [6.07, 6.45) is 0. The standard InChI is InChI=1S/C12H14O2/c1-12(2)8-14-11(13)10(12)9-6-4-3-5-7-9/h3-7,10H,8H2,1-2H3. The average molecular weight is 190 g/mol. The van der Waals surface area contributed by atoms with E-state index in [-0.39, 0.29) is 17.3 Å². The molecule has 1 aromatic carbocycles. The van der Waals surface area contributed by atoms with Crippen molar-refractivity contribution in [3.63, 3.8) is 0 Å². The van der Waals surface area contributed by atoms with Crippen LogP contribution in [0.5, 0.6) is 0 Å². The maximum Gasteiger partial charge on any atom is 0.314 e. The third kappa shape index (κ3) is 1.41. The largest absolute Gasteiger partial charge is 0.465 e. The van der Waals surface area contributed by atoms with Crippen LogP contribution in [0.4, 0.5) is 0 Å². The summed E-state index contributed by atoms with van der Waals surface area (Å²) < 4.78 is 5.10. The van der Waals surface area contributed by atoms with Gasteiger partial charge in [-0.2, -0.15) is 0 Å². The van der Waals surface area contributed by atoms with Crippen LogP contribution in [0.15, 0.2) is 30.3 Å². The van der Waals surface area contributed by atoms with Gasteiger partial charge in [0.15, 0.2) is 0 Å². The zero-order valence-electron chi connectivity index (χ0n) is 8.49. The molecule has 0 aliphatic carbocycles. The lowest BCUT2D eigenvalue weighted by Gasteiger charge is -2.21. The third-order valence-electron chi connectivity index (χ3n) is 2.74. The number of ether oxygens (including phenoxy) is 1. The fourth-order valence-corrected chi connectivity index (χ4v) is 1.98. The molecule has 14 heavy (non-hydrogen) atoms. The molecule has 0 spiro atoms. The van der Waals surface area contributed by atoms with Crippen molar-refractivity contribution >= 4 is 5.97 Å². The number of esters is 1. The minimum atomic E-state index is -0.108. The molecule has 1 saturated heterocycles. The van der Waals surface area contributed by atoms with Gasteiger partial charge in [-0.1, -0.05) is 44.2 Å². The zero-order valence-corrected chi connectivity index (χ0v) is 8.49. The first kappa shape index (κ1) is 9.25. The van der Waals surface area contributed by atoms with E-state index in [2.05, 4.69) is 13.8 Å². The van der Waals surface area contributed by atoms with Gasteiger partial charge in [0, 0.05) is 5.41 Å². The summed E-state index contributed by atoms with van der Waals surface area (Å²) in [6.45, 7) is 4.65.